The Kier molecular flexibility index (Phi) is 6.82. The van der Waals surface area contributed by atoms with Crippen LogP contribution in [0.25, 0.3) is 0 Å². The van der Waals surface area contributed by atoms with Crippen LogP contribution in [-0.2, 0) is 11.3 Å². The molecule has 2 N–H and O–H groups in total. The zero-order chi connectivity index (χ0) is 21.3. The smallest absolute Gasteiger partial charge is 0.164 e. The maximum atomic E-state index is 10.1. The summed E-state index contributed by atoms with van der Waals surface area (Å²) < 4.78 is 5.14. The van der Waals surface area contributed by atoms with E-state index in [0.717, 1.165) is 16.9 Å². The van der Waals surface area contributed by atoms with Gasteiger partial charge in [-0.15, -0.1) is 0 Å². The fourth-order valence-corrected chi connectivity index (χ4v) is 2.70. The number of hydrazone groups is 1. The SMILES string of the molecule is COCc1cc(C)nc(N/N=C/c2cc(N=Nc3ccccc3)ccc2O)c1C#N. The molecule has 3 aromatic rings. The molecule has 0 unspecified atom stereocenters. The quantitative estimate of drug-likeness (QED) is 0.330. The summed E-state index contributed by atoms with van der Waals surface area (Å²) in [5.74, 6) is 0.359. The van der Waals surface area contributed by atoms with Crippen LogP contribution in [0.5, 0.6) is 5.75 Å². The summed E-state index contributed by atoms with van der Waals surface area (Å²) in [6.45, 7) is 2.11. The molecule has 150 valence electrons. The molecule has 0 aliphatic heterocycles. The zero-order valence-corrected chi connectivity index (χ0v) is 16.6. The van der Waals surface area contributed by atoms with Crippen molar-refractivity contribution < 1.29 is 9.84 Å². The van der Waals surface area contributed by atoms with Gasteiger partial charge in [0.15, 0.2) is 5.82 Å². The third-order valence-electron chi connectivity index (χ3n) is 4.06. The number of ether oxygens (including phenoxy) is 1. The second-order valence-corrected chi connectivity index (χ2v) is 6.34. The Bertz CT molecular complexity index is 1120. The number of nitrogens with zero attached hydrogens (tertiary/aromatic N) is 5. The van der Waals surface area contributed by atoms with Gasteiger partial charge in [0.2, 0.25) is 0 Å². The monoisotopic (exact) mass is 400 g/mol. The van der Waals surface area contributed by atoms with Crippen LogP contribution >= 0.6 is 0 Å². The first-order valence-electron chi connectivity index (χ1n) is 9.09. The Labute approximate surface area is 174 Å². The average molecular weight is 400 g/mol. The van der Waals surface area contributed by atoms with E-state index in [1.807, 2.05) is 37.3 Å². The first-order valence-corrected chi connectivity index (χ1v) is 9.09. The van der Waals surface area contributed by atoms with Gasteiger partial charge in [0.1, 0.15) is 17.4 Å². The summed E-state index contributed by atoms with van der Waals surface area (Å²) in [7, 11) is 1.56. The maximum Gasteiger partial charge on any atom is 0.164 e. The highest BCUT2D eigenvalue weighted by atomic mass is 16.5. The fourth-order valence-electron chi connectivity index (χ4n) is 2.70. The molecule has 0 amide bonds. The third kappa shape index (κ3) is 5.25. The van der Waals surface area contributed by atoms with Crippen molar-refractivity contribution in [3.63, 3.8) is 0 Å². The van der Waals surface area contributed by atoms with Gasteiger partial charge in [0, 0.05) is 23.9 Å². The zero-order valence-electron chi connectivity index (χ0n) is 16.6. The van der Waals surface area contributed by atoms with Crippen LogP contribution < -0.4 is 5.43 Å². The summed E-state index contributed by atoms with van der Waals surface area (Å²) in [5, 5.41) is 32.0. The standard InChI is InChI=1S/C22H20N6O2/c1-15-10-17(14-30-2)20(12-23)22(25-15)28-24-13-16-11-19(8-9-21(16)29)27-26-18-6-4-3-5-7-18/h3-11,13,29H,14H2,1-2H3,(H,25,28)/b24-13+,27-26?. The predicted octanol–water partition coefficient (Wildman–Crippen LogP) is 4.98. The van der Waals surface area contributed by atoms with E-state index < -0.39 is 0 Å². The van der Waals surface area contributed by atoms with Crippen LogP contribution in [-0.4, -0.2) is 23.4 Å². The molecule has 0 aliphatic carbocycles. The summed E-state index contributed by atoms with van der Waals surface area (Å²) in [6, 6.07) is 18.1. The van der Waals surface area contributed by atoms with Crippen molar-refractivity contribution in [3.05, 3.63) is 77.0 Å². The Hall–Kier alpha value is -4.09. The third-order valence-corrected chi connectivity index (χ3v) is 4.06. The minimum absolute atomic E-state index is 0.0389. The number of rotatable bonds is 7. The van der Waals surface area contributed by atoms with Crippen LogP contribution in [0.2, 0.25) is 0 Å². The van der Waals surface area contributed by atoms with Crippen molar-refractivity contribution in [2.45, 2.75) is 13.5 Å². The summed E-state index contributed by atoms with van der Waals surface area (Å²) in [5.41, 5.74) is 6.30. The minimum Gasteiger partial charge on any atom is -0.507 e. The van der Waals surface area contributed by atoms with E-state index >= 15 is 0 Å². The molecule has 2 aromatic carbocycles. The van der Waals surface area contributed by atoms with E-state index in [1.165, 1.54) is 12.3 Å². The normalized spacial score (nSPS) is 11.1. The molecule has 0 aliphatic rings. The Balaban J connectivity index is 1.80. The van der Waals surface area contributed by atoms with E-state index in [4.69, 9.17) is 4.74 Å². The highest BCUT2D eigenvalue weighted by molar-refractivity contribution is 5.85. The molecular weight excluding hydrogens is 380 g/mol. The lowest BCUT2D eigenvalue weighted by Crippen LogP contribution is -2.03. The molecule has 1 heterocycles. The molecular formula is C22H20N6O2. The van der Waals surface area contributed by atoms with E-state index in [2.05, 4.69) is 31.8 Å². The second kappa shape index (κ2) is 9.91. The average Bonchev–Trinajstić information content (AvgIpc) is 2.75. The van der Waals surface area contributed by atoms with Crippen molar-refractivity contribution in [2.75, 3.05) is 12.5 Å². The molecule has 0 saturated heterocycles. The number of aryl methyl sites for hydroxylation is 1. The lowest BCUT2D eigenvalue weighted by molar-refractivity contribution is 0.184. The van der Waals surface area contributed by atoms with Gasteiger partial charge >= 0.3 is 0 Å². The number of azo groups is 1. The Morgan fingerprint density at radius 1 is 1.13 bits per heavy atom. The number of pyridine rings is 1. The Morgan fingerprint density at radius 3 is 2.63 bits per heavy atom. The largest absolute Gasteiger partial charge is 0.507 e. The van der Waals surface area contributed by atoms with Gasteiger partial charge in [-0.25, -0.2) is 4.98 Å². The van der Waals surface area contributed by atoms with E-state index in [0.29, 0.717) is 29.2 Å². The lowest BCUT2D eigenvalue weighted by Gasteiger charge is -2.09. The lowest BCUT2D eigenvalue weighted by atomic mass is 10.1. The van der Waals surface area contributed by atoms with Crippen molar-refractivity contribution in [1.82, 2.24) is 4.98 Å². The van der Waals surface area contributed by atoms with Crippen molar-refractivity contribution in [2.24, 2.45) is 15.3 Å². The molecule has 8 nitrogen and oxygen atoms in total. The molecule has 0 fully saturated rings. The number of phenolic OH excluding ortho intramolecular Hbond substituents is 1. The van der Waals surface area contributed by atoms with Gasteiger partial charge in [-0.3, -0.25) is 5.43 Å². The maximum absolute atomic E-state index is 10.1. The number of phenols is 1. The van der Waals surface area contributed by atoms with Crippen molar-refractivity contribution >= 4 is 23.4 Å². The predicted molar refractivity (Wildman–Crippen MR) is 114 cm³/mol. The molecule has 0 saturated carbocycles. The first-order chi connectivity index (χ1) is 14.6. The van der Waals surface area contributed by atoms with Crippen LogP contribution in [0.4, 0.5) is 17.2 Å². The number of hydrogen-bond donors (Lipinski definition) is 2. The number of nitriles is 1. The van der Waals surface area contributed by atoms with E-state index in [9.17, 15) is 10.4 Å². The minimum atomic E-state index is 0.0389. The topological polar surface area (TPSA) is 115 Å². The van der Waals surface area contributed by atoms with Gasteiger partial charge in [0.05, 0.1) is 24.2 Å². The molecule has 0 spiro atoms. The van der Waals surface area contributed by atoms with Gasteiger partial charge in [-0.05, 0) is 43.3 Å². The van der Waals surface area contributed by atoms with Gasteiger partial charge < -0.3 is 9.84 Å². The number of benzene rings is 2. The number of aromatic hydroxyl groups is 1. The van der Waals surface area contributed by atoms with Crippen molar-refractivity contribution in [1.29, 1.82) is 5.26 Å². The highest BCUT2D eigenvalue weighted by Gasteiger charge is 2.11. The second-order valence-electron chi connectivity index (χ2n) is 6.34. The summed E-state index contributed by atoms with van der Waals surface area (Å²) >= 11 is 0. The molecule has 8 heteroatoms. The number of anilines is 1. The number of aromatic nitrogens is 1. The molecule has 0 atom stereocenters. The fraction of sp³-hybridized carbons (Fsp3) is 0.136. The molecule has 0 radical (unpaired) electrons. The van der Waals surface area contributed by atoms with Gasteiger partial charge in [0.25, 0.3) is 0 Å². The van der Waals surface area contributed by atoms with Crippen molar-refractivity contribution in [3.8, 4) is 11.8 Å². The number of hydrogen-bond acceptors (Lipinski definition) is 8. The van der Waals surface area contributed by atoms with Crippen LogP contribution in [0.1, 0.15) is 22.4 Å². The van der Waals surface area contributed by atoms with Crippen LogP contribution in [0, 0.1) is 18.3 Å². The van der Waals surface area contributed by atoms with E-state index in [1.54, 1.807) is 25.3 Å². The van der Waals surface area contributed by atoms with Crippen LogP contribution in [0.3, 0.4) is 0 Å². The molecule has 3 rings (SSSR count). The summed E-state index contributed by atoms with van der Waals surface area (Å²) in [4.78, 5) is 4.32. The molecule has 30 heavy (non-hydrogen) atoms. The molecule has 1 aromatic heterocycles. The summed E-state index contributed by atoms with van der Waals surface area (Å²) in [6.07, 6.45) is 1.43. The number of nitrogens with one attached hydrogen (secondary N) is 1. The van der Waals surface area contributed by atoms with Gasteiger partial charge in [-0.1, -0.05) is 18.2 Å². The van der Waals surface area contributed by atoms with E-state index in [-0.39, 0.29) is 5.75 Å². The molecule has 0 bridgehead atoms. The first kappa shape index (κ1) is 20.6. The Morgan fingerprint density at radius 2 is 1.90 bits per heavy atom. The number of methoxy groups -OCH3 is 1. The highest BCUT2D eigenvalue weighted by Crippen LogP contribution is 2.24. The van der Waals surface area contributed by atoms with Gasteiger partial charge in [-0.2, -0.15) is 20.6 Å². The van der Waals surface area contributed by atoms with Crippen LogP contribution in [0.15, 0.2) is 69.9 Å².